The second kappa shape index (κ2) is 7.80. The zero-order valence-corrected chi connectivity index (χ0v) is 14.5. The summed E-state index contributed by atoms with van der Waals surface area (Å²) in [5.41, 5.74) is -0.392. The van der Waals surface area contributed by atoms with Gasteiger partial charge in [-0.15, -0.1) is 0 Å². The Balaban J connectivity index is 1.71. The Morgan fingerprint density at radius 1 is 0.963 bits per heavy atom. The van der Waals surface area contributed by atoms with Crippen LogP contribution in [0.5, 0.6) is 0 Å². The number of alkyl halides is 3. The molecule has 3 rings (SSSR count). The number of halogens is 3. The molecule has 1 amide bonds. The summed E-state index contributed by atoms with van der Waals surface area (Å²) in [6, 6.07) is 16.0. The normalized spacial score (nSPS) is 16.6. The van der Waals surface area contributed by atoms with Crippen LogP contribution in [0.3, 0.4) is 0 Å². The van der Waals surface area contributed by atoms with E-state index in [4.69, 9.17) is 0 Å². The third-order valence-corrected chi connectivity index (χ3v) is 4.67. The van der Waals surface area contributed by atoms with Gasteiger partial charge in [-0.3, -0.25) is 9.69 Å². The molecule has 2 aromatic carbocycles. The molecule has 0 bridgehead atoms. The number of hydrogen-bond acceptors (Lipinski definition) is 3. The number of piperazine rings is 1. The molecule has 1 heterocycles. The maximum Gasteiger partial charge on any atom is 0.417 e. The van der Waals surface area contributed by atoms with Crippen molar-refractivity contribution in [1.82, 2.24) is 9.80 Å². The Labute approximate surface area is 155 Å². The van der Waals surface area contributed by atoms with Crippen molar-refractivity contribution in [3.63, 3.8) is 0 Å². The van der Waals surface area contributed by atoms with Gasteiger partial charge in [-0.2, -0.15) is 18.4 Å². The number of amides is 1. The molecule has 7 heteroatoms. The van der Waals surface area contributed by atoms with Gasteiger partial charge in [0.15, 0.2) is 0 Å². The number of nitrogens with zero attached hydrogens (tertiary/aromatic N) is 3. The lowest BCUT2D eigenvalue weighted by atomic mass is 10.0. The van der Waals surface area contributed by atoms with Gasteiger partial charge in [0.25, 0.3) is 5.91 Å². The molecule has 2 aromatic rings. The summed E-state index contributed by atoms with van der Waals surface area (Å²) in [6.45, 7) is 1.40. The van der Waals surface area contributed by atoms with E-state index in [-0.39, 0.29) is 18.7 Å². The molecule has 1 atom stereocenters. The molecule has 1 aliphatic heterocycles. The number of rotatable bonds is 3. The maximum atomic E-state index is 13.2. The third-order valence-electron chi connectivity index (χ3n) is 4.67. The highest BCUT2D eigenvalue weighted by Gasteiger charge is 2.36. The van der Waals surface area contributed by atoms with E-state index in [1.807, 2.05) is 35.2 Å². The fraction of sp³-hybridized carbons (Fsp3) is 0.300. The zero-order chi connectivity index (χ0) is 19.4. The van der Waals surface area contributed by atoms with E-state index in [0.717, 1.165) is 11.6 Å². The van der Waals surface area contributed by atoms with Crippen LogP contribution in [0.4, 0.5) is 13.2 Å². The number of nitriles is 1. The first-order valence-corrected chi connectivity index (χ1v) is 8.56. The van der Waals surface area contributed by atoms with Gasteiger partial charge in [-0.25, -0.2) is 0 Å². The quantitative estimate of drug-likeness (QED) is 0.824. The van der Waals surface area contributed by atoms with Crippen LogP contribution < -0.4 is 0 Å². The van der Waals surface area contributed by atoms with Crippen molar-refractivity contribution in [3.05, 3.63) is 71.3 Å². The van der Waals surface area contributed by atoms with Crippen LogP contribution in [-0.2, 0) is 6.18 Å². The summed E-state index contributed by atoms with van der Waals surface area (Å²) in [4.78, 5) is 16.0. The molecule has 0 radical (unpaired) electrons. The summed E-state index contributed by atoms with van der Waals surface area (Å²) < 4.78 is 39.5. The minimum absolute atomic E-state index is 0.274. The standard InChI is InChI=1S/C20H18F3N3O/c21-20(22,23)17-9-5-4-8-16(17)19(27)26-12-10-25(11-13-26)18(14-24)15-6-2-1-3-7-15/h1-9,18H,10-13H2. The van der Waals surface area contributed by atoms with Crippen molar-refractivity contribution in [2.75, 3.05) is 26.2 Å². The molecule has 1 unspecified atom stereocenters. The highest BCUT2D eigenvalue weighted by Crippen LogP contribution is 2.32. The van der Waals surface area contributed by atoms with Gasteiger partial charge in [0.1, 0.15) is 6.04 Å². The Kier molecular flexibility index (Phi) is 5.47. The zero-order valence-electron chi connectivity index (χ0n) is 14.5. The predicted molar refractivity (Wildman–Crippen MR) is 93.7 cm³/mol. The smallest absolute Gasteiger partial charge is 0.336 e. The average Bonchev–Trinajstić information content (AvgIpc) is 2.69. The number of carbonyl (C=O) groups is 1. The Morgan fingerprint density at radius 2 is 1.56 bits per heavy atom. The van der Waals surface area contributed by atoms with Gasteiger partial charge in [0.05, 0.1) is 17.2 Å². The number of benzene rings is 2. The third kappa shape index (κ3) is 4.12. The highest BCUT2D eigenvalue weighted by atomic mass is 19.4. The van der Waals surface area contributed by atoms with Crippen LogP contribution in [0.15, 0.2) is 54.6 Å². The van der Waals surface area contributed by atoms with E-state index < -0.39 is 23.7 Å². The van der Waals surface area contributed by atoms with Crippen molar-refractivity contribution in [2.24, 2.45) is 0 Å². The second-order valence-corrected chi connectivity index (χ2v) is 6.31. The topological polar surface area (TPSA) is 47.3 Å². The average molecular weight is 373 g/mol. The Morgan fingerprint density at radius 3 is 2.15 bits per heavy atom. The molecule has 0 spiro atoms. The van der Waals surface area contributed by atoms with Gasteiger partial charge in [0, 0.05) is 26.2 Å². The molecular weight excluding hydrogens is 355 g/mol. The first kappa shape index (κ1) is 18.9. The minimum atomic E-state index is -4.58. The van der Waals surface area contributed by atoms with Crippen LogP contribution in [0.1, 0.15) is 27.5 Å². The molecular formula is C20H18F3N3O. The van der Waals surface area contributed by atoms with Gasteiger partial charge in [-0.05, 0) is 17.7 Å². The molecule has 1 aliphatic rings. The molecule has 0 aliphatic carbocycles. The van der Waals surface area contributed by atoms with Crippen molar-refractivity contribution in [3.8, 4) is 6.07 Å². The highest BCUT2D eigenvalue weighted by molar-refractivity contribution is 5.96. The molecule has 140 valence electrons. The molecule has 4 nitrogen and oxygen atoms in total. The molecule has 1 saturated heterocycles. The summed E-state index contributed by atoms with van der Waals surface area (Å²) >= 11 is 0. The first-order valence-electron chi connectivity index (χ1n) is 8.56. The fourth-order valence-corrected chi connectivity index (χ4v) is 3.27. The van der Waals surface area contributed by atoms with Crippen LogP contribution in [-0.4, -0.2) is 41.9 Å². The van der Waals surface area contributed by atoms with Gasteiger partial charge < -0.3 is 4.90 Å². The van der Waals surface area contributed by atoms with Gasteiger partial charge in [-0.1, -0.05) is 42.5 Å². The van der Waals surface area contributed by atoms with Crippen molar-refractivity contribution < 1.29 is 18.0 Å². The molecule has 0 saturated carbocycles. The van der Waals surface area contributed by atoms with E-state index in [0.29, 0.717) is 13.1 Å². The minimum Gasteiger partial charge on any atom is -0.336 e. The van der Waals surface area contributed by atoms with Crippen molar-refractivity contribution >= 4 is 5.91 Å². The first-order chi connectivity index (χ1) is 12.9. The summed E-state index contributed by atoms with van der Waals surface area (Å²) in [5, 5.41) is 9.51. The Bertz CT molecular complexity index is 838. The van der Waals surface area contributed by atoms with Crippen molar-refractivity contribution in [2.45, 2.75) is 12.2 Å². The SMILES string of the molecule is N#CC(c1ccccc1)N1CCN(C(=O)c2ccccc2C(F)(F)F)CC1. The van der Waals surface area contributed by atoms with E-state index in [1.54, 1.807) is 0 Å². The van der Waals surface area contributed by atoms with E-state index >= 15 is 0 Å². The predicted octanol–water partition coefficient (Wildman–Crippen LogP) is 3.73. The summed E-state index contributed by atoms with van der Waals surface area (Å²) in [5.74, 6) is -0.629. The monoisotopic (exact) mass is 373 g/mol. The van der Waals surface area contributed by atoms with Crippen LogP contribution in [0, 0.1) is 11.3 Å². The van der Waals surface area contributed by atoms with E-state index in [1.165, 1.54) is 23.1 Å². The molecule has 27 heavy (non-hydrogen) atoms. The van der Waals surface area contributed by atoms with E-state index in [9.17, 15) is 23.2 Å². The van der Waals surface area contributed by atoms with E-state index in [2.05, 4.69) is 6.07 Å². The van der Waals surface area contributed by atoms with Crippen LogP contribution >= 0.6 is 0 Å². The molecule has 0 aromatic heterocycles. The second-order valence-electron chi connectivity index (χ2n) is 6.31. The van der Waals surface area contributed by atoms with Crippen LogP contribution in [0.25, 0.3) is 0 Å². The summed E-state index contributed by atoms with van der Waals surface area (Å²) in [7, 11) is 0. The fourth-order valence-electron chi connectivity index (χ4n) is 3.27. The lowest BCUT2D eigenvalue weighted by Gasteiger charge is -2.37. The lowest BCUT2D eigenvalue weighted by Crippen LogP contribution is -2.49. The van der Waals surface area contributed by atoms with Crippen LogP contribution in [0.2, 0.25) is 0 Å². The summed E-state index contributed by atoms with van der Waals surface area (Å²) in [6.07, 6.45) is -4.58. The molecule has 1 fully saturated rings. The Hall–Kier alpha value is -2.85. The number of hydrogen-bond donors (Lipinski definition) is 0. The van der Waals surface area contributed by atoms with Gasteiger partial charge >= 0.3 is 6.18 Å². The maximum absolute atomic E-state index is 13.2. The van der Waals surface area contributed by atoms with Gasteiger partial charge in [0.2, 0.25) is 0 Å². The largest absolute Gasteiger partial charge is 0.417 e. The molecule has 0 N–H and O–H groups in total. The lowest BCUT2D eigenvalue weighted by molar-refractivity contribution is -0.138. The number of carbonyl (C=O) groups excluding carboxylic acids is 1. The van der Waals surface area contributed by atoms with Crippen molar-refractivity contribution in [1.29, 1.82) is 5.26 Å².